The zero-order valence-electron chi connectivity index (χ0n) is 11.2. The van der Waals surface area contributed by atoms with Crippen LogP contribution in [0, 0.1) is 12.3 Å². The number of benzene rings is 1. The number of nitrogens with one attached hydrogen (secondary N) is 1. The summed E-state index contributed by atoms with van der Waals surface area (Å²) in [6, 6.07) is 5.94. The number of aryl methyl sites for hydroxylation is 1. The number of aliphatic carboxylic acids is 1. The van der Waals surface area contributed by atoms with Gasteiger partial charge in [0, 0.05) is 13.1 Å². The first kappa shape index (κ1) is 13.8. The third-order valence-electron chi connectivity index (χ3n) is 3.46. The Labute approximate surface area is 112 Å². The second-order valence-corrected chi connectivity index (χ2v) is 4.99. The molecule has 0 aliphatic carbocycles. The van der Waals surface area contributed by atoms with E-state index in [-0.39, 0.29) is 13.2 Å². The molecular formula is C14H19NO4. The van der Waals surface area contributed by atoms with Crippen molar-refractivity contribution in [1.29, 1.82) is 0 Å². The highest BCUT2D eigenvalue weighted by atomic mass is 16.5. The molecule has 0 saturated carbocycles. The number of hydrogen-bond acceptors (Lipinski definition) is 4. The van der Waals surface area contributed by atoms with Crippen LogP contribution in [0.1, 0.15) is 11.1 Å². The lowest BCUT2D eigenvalue weighted by molar-refractivity contribution is -0.178. The number of methoxy groups -OCH3 is 1. The Morgan fingerprint density at radius 2 is 2.26 bits per heavy atom. The van der Waals surface area contributed by atoms with Crippen LogP contribution >= 0.6 is 0 Å². The van der Waals surface area contributed by atoms with Crippen LogP contribution in [-0.4, -0.2) is 37.9 Å². The van der Waals surface area contributed by atoms with Gasteiger partial charge in [-0.25, -0.2) is 0 Å². The van der Waals surface area contributed by atoms with Crippen molar-refractivity contribution >= 4 is 5.97 Å². The predicted octanol–water partition coefficient (Wildman–Crippen LogP) is 1.19. The Hall–Kier alpha value is -1.59. The molecule has 19 heavy (non-hydrogen) atoms. The zero-order valence-corrected chi connectivity index (χ0v) is 11.2. The molecule has 1 aromatic carbocycles. The van der Waals surface area contributed by atoms with E-state index in [4.69, 9.17) is 14.6 Å². The molecule has 1 heterocycles. The molecule has 0 unspecified atom stereocenters. The van der Waals surface area contributed by atoms with E-state index in [9.17, 15) is 4.79 Å². The molecule has 1 saturated heterocycles. The Kier molecular flexibility index (Phi) is 4.07. The number of hydrogen-bond donors (Lipinski definition) is 2. The van der Waals surface area contributed by atoms with Gasteiger partial charge in [0.25, 0.3) is 0 Å². The summed E-state index contributed by atoms with van der Waals surface area (Å²) in [5, 5.41) is 12.3. The monoisotopic (exact) mass is 265 g/mol. The molecule has 0 radical (unpaired) electrons. The first-order valence-electron chi connectivity index (χ1n) is 6.23. The molecule has 5 heteroatoms. The second kappa shape index (κ2) is 5.59. The lowest BCUT2D eigenvalue weighted by Crippen LogP contribution is -2.55. The Bertz CT molecular complexity index is 469. The number of carbonyl (C=O) groups is 1. The minimum absolute atomic E-state index is 0.289. The number of ether oxygens (including phenoxy) is 2. The maximum atomic E-state index is 11.1. The van der Waals surface area contributed by atoms with Crippen molar-refractivity contribution in [3.05, 3.63) is 29.3 Å². The normalized spacial score (nSPS) is 16.7. The molecule has 5 nitrogen and oxygen atoms in total. The Morgan fingerprint density at radius 1 is 1.53 bits per heavy atom. The number of carboxylic acids is 1. The van der Waals surface area contributed by atoms with Crippen molar-refractivity contribution in [2.45, 2.75) is 13.5 Å². The van der Waals surface area contributed by atoms with Gasteiger partial charge in [-0.2, -0.15) is 0 Å². The highest BCUT2D eigenvalue weighted by molar-refractivity contribution is 5.76. The fourth-order valence-corrected chi connectivity index (χ4v) is 2.15. The van der Waals surface area contributed by atoms with Crippen LogP contribution in [0.15, 0.2) is 18.2 Å². The van der Waals surface area contributed by atoms with Gasteiger partial charge in [0.15, 0.2) is 0 Å². The van der Waals surface area contributed by atoms with Crippen molar-refractivity contribution in [2.75, 3.05) is 26.9 Å². The highest BCUT2D eigenvalue weighted by Gasteiger charge is 2.45. The predicted molar refractivity (Wildman–Crippen MR) is 70.3 cm³/mol. The minimum Gasteiger partial charge on any atom is -0.496 e. The standard InChI is InChI=1S/C14H19NO4/c1-10-5-11(3-4-12(10)18-2)6-15-7-14(13(16)17)8-19-9-14/h3-5,15H,6-9H2,1-2H3,(H,16,17). The Balaban J connectivity index is 1.89. The topological polar surface area (TPSA) is 67.8 Å². The molecule has 0 atom stereocenters. The van der Waals surface area contributed by atoms with Gasteiger partial charge in [0.05, 0.1) is 20.3 Å². The van der Waals surface area contributed by atoms with Crippen LogP contribution in [-0.2, 0) is 16.1 Å². The average molecular weight is 265 g/mol. The molecule has 104 valence electrons. The average Bonchev–Trinajstić information content (AvgIpc) is 2.32. The molecule has 1 aliphatic rings. The molecule has 2 N–H and O–H groups in total. The summed E-state index contributed by atoms with van der Waals surface area (Å²) in [7, 11) is 1.65. The zero-order chi connectivity index (χ0) is 13.9. The van der Waals surface area contributed by atoms with Crippen molar-refractivity contribution in [1.82, 2.24) is 5.32 Å². The van der Waals surface area contributed by atoms with E-state index >= 15 is 0 Å². The first-order valence-corrected chi connectivity index (χ1v) is 6.23. The van der Waals surface area contributed by atoms with E-state index in [1.165, 1.54) is 0 Å². The van der Waals surface area contributed by atoms with Crippen LogP contribution in [0.25, 0.3) is 0 Å². The fourth-order valence-electron chi connectivity index (χ4n) is 2.15. The number of carboxylic acid groups (broad SMARTS) is 1. The summed E-state index contributed by atoms with van der Waals surface area (Å²) >= 11 is 0. The molecule has 1 aromatic rings. The second-order valence-electron chi connectivity index (χ2n) is 4.99. The molecule has 0 spiro atoms. The summed E-state index contributed by atoms with van der Waals surface area (Å²) in [4.78, 5) is 11.1. The SMILES string of the molecule is COc1ccc(CNCC2(C(=O)O)COC2)cc1C. The van der Waals surface area contributed by atoms with E-state index in [1.807, 2.05) is 25.1 Å². The van der Waals surface area contributed by atoms with Crippen molar-refractivity contribution < 1.29 is 19.4 Å². The largest absolute Gasteiger partial charge is 0.496 e. The summed E-state index contributed by atoms with van der Waals surface area (Å²) in [5.74, 6) is 0.0651. The molecular weight excluding hydrogens is 246 g/mol. The molecule has 0 aromatic heterocycles. The van der Waals surface area contributed by atoms with Crippen molar-refractivity contribution in [2.24, 2.45) is 5.41 Å². The van der Waals surface area contributed by atoms with E-state index in [2.05, 4.69) is 5.32 Å². The smallest absolute Gasteiger partial charge is 0.315 e. The van der Waals surface area contributed by atoms with Gasteiger partial charge in [-0.15, -0.1) is 0 Å². The minimum atomic E-state index is -0.794. The molecule has 2 rings (SSSR count). The summed E-state index contributed by atoms with van der Waals surface area (Å²) < 4.78 is 10.2. The maximum Gasteiger partial charge on any atom is 0.315 e. The van der Waals surface area contributed by atoms with Crippen LogP contribution in [0.2, 0.25) is 0 Å². The third-order valence-corrected chi connectivity index (χ3v) is 3.46. The van der Waals surface area contributed by atoms with Gasteiger partial charge in [-0.1, -0.05) is 12.1 Å². The van der Waals surface area contributed by atoms with E-state index in [0.29, 0.717) is 13.1 Å². The van der Waals surface area contributed by atoms with Crippen LogP contribution in [0.3, 0.4) is 0 Å². The van der Waals surface area contributed by atoms with E-state index in [1.54, 1.807) is 7.11 Å². The maximum absolute atomic E-state index is 11.1. The quantitative estimate of drug-likeness (QED) is 0.809. The number of rotatable bonds is 6. The summed E-state index contributed by atoms with van der Waals surface area (Å²) in [6.07, 6.45) is 0. The summed E-state index contributed by atoms with van der Waals surface area (Å²) in [5.41, 5.74) is 1.43. The third kappa shape index (κ3) is 2.88. The van der Waals surface area contributed by atoms with Crippen molar-refractivity contribution in [3.63, 3.8) is 0 Å². The van der Waals surface area contributed by atoms with Gasteiger partial charge in [0.1, 0.15) is 11.2 Å². The van der Waals surface area contributed by atoms with Gasteiger partial charge < -0.3 is 19.9 Å². The molecule has 1 fully saturated rings. The van der Waals surface area contributed by atoms with Gasteiger partial charge in [0.2, 0.25) is 0 Å². The van der Waals surface area contributed by atoms with Gasteiger partial charge in [-0.05, 0) is 24.1 Å². The van der Waals surface area contributed by atoms with Gasteiger partial charge in [-0.3, -0.25) is 4.79 Å². The lowest BCUT2D eigenvalue weighted by atomic mass is 9.86. The first-order chi connectivity index (χ1) is 9.07. The summed E-state index contributed by atoms with van der Waals surface area (Å²) in [6.45, 7) is 3.63. The molecule has 0 amide bonds. The van der Waals surface area contributed by atoms with Crippen LogP contribution in [0.5, 0.6) is 5.75 Å². The van der Waals surface area contributed by atoms with Crippen LogP contribution in [0.4, 0.5) is 0 Å². The lowest BCUT2D eigenvalue weighted by Gasteiger charge is -2.37. The van der Waals surface area contributed by atoms with Crippen LogP contribution < -0.4 is 10.1 Å². The molecule has 0 bridgehead atoms. The highest BCUT2D eigenvalue weighted by Crippen LogP contribution is 2.27. The van der Waals surface area contributed by atoms with E-state index in [0.717, 1.165) is 16.9 Å². The fraction of sp³-hybridized carbons (Fsp3) is 0.500. The Morgan fingerprint density at radius 3 is 2.74 bits per heavy atom. The van der Waals surface area contributed by atoms with E-state index < -0.39 is 11.4 Å². The molecule has 1 aliphatic heterocycles. The van der Waals surface area contributed by atoms with Crippen molar-refractivity contribution in [3.8, 4) is 5.75 Å². The van der Waals surface area contributed by atoms with Gasteiger partial charge >= 0.3 is 5.97 Å².